The molecule has 0 saturated carbocycles. The normalized spacial score (nSPS) is 16.7. The monoisotopic (exact) mass is 426 g/mol. The van der Waals surface area contributed by atoms with Crippen molar-refractivity contribution in [3.8, 4) is 11.5 Å². The number of esters is 1. The Bertz CT molecular complexity index is 733. The minimum absolute atomic E-state index is 0.369. The molecule has 1 aromatic rings. The Morgan fingerprint density at radius 1 is 1.19 bits per heavy atom. The summed E-state index contributed by atoms with van der Waals surface area (Å²) in [6.45, 7) is 6.55. The molecule has 1 atom stereocenters. The molecule has 0 saturated heterocycles. The van der Waals surface area contributed by atoms with E-state index in [4.69, 9.17) is 14.2 Å². The average Bonchev–Trinajstić information content (AvgIpc) is 2.63. The number of allylic oxidation sites excluding steroid dienone is 1. The summed E-state index contributed by atoms with van der Waals surface area (Å²) in [5.74, 6) is 0.619. The number of carbonyl (C=O) groups excluding carboxylic acids is 2. The van der Waals surface area contributed by atoms with Crippen molar-refractivity contribution in [1.29, 1.82) is 0 Å². The number of urea groups is 1. The second-order valence-corrected chi connectivity index (χ2v) is 6.32. The van der Waals surface area contributed by atoms with Crippen molar-refractivity contribution in [1.82, 2.24) is 10.6 Å². The van der Waals surface area contributed by atoms with Gasteiger partial charge in [0.25, 0.3) is 0 Å². The molecule has 7 nitrogen and oxygen atoms in total. The molecule has 2 amide bonds. The van der Waals surface area contributed by atoms with Crippen molar-refractivity contribution in [3.63, 3.8) is 0 Å². The molecule has 2 rings (SSSR count). The van der Waals surface area contributed by atoms with E-state index in [9.17, 15) is 9.59 Å². The minimum atomic E-state index is -0.655. The van der Waals surface area contributed by atoms with E-state index in [0.717, 1.165) is 0 Å². The number of carbonyl (C=O) groups is 2. The van der Waals surface area contributed by atoms with Crippen molar-refractivity contribution >= 4 is 27.9 Å². The summed E-state index contributed by atoms with van der Waals surface area (Å²) in [7, 11) is 1.32. The predicted molar refractivity (Wildman–Crippen MR) is 100 cm³/mol. The maximum Gasteiger partial charge on any atom is 0.337 e. The van der Waals surface area contributed by atoms with E-state index in [1.54, 1.807) is 12.1 Å². The quantitative estimate of drug-likeness (QED) is 0.652. The number of halogens is 1. The van der Waals surface area contributed by atoms with Gasteiger partial charge in [0.2, 0.25) is 0 Å². The smallest absolute Gasteiger partial charge is 0.337 e. The Hall–Kier alpha value is -2.22. The fraction of sp³-hybridized carbons (Fsp3) is 0.444. The molecule has 0 aliphatic carbocycles. The molecule has 26 heavy (non-hydrogen) atoms. The lowest BCUT2D eigenvalue weighted by molar-refractivity contribution is -0.136. The Kier molecular flexibility index (Phi) is 6.90. The Morgan fingerprint density at radius 3 is 2.46 bits per heavy atom. The molecule has 1 aromatic carbocycles. The van der Waals surface area contributed by atoms with Gasteiger partial charge in [-0.2, -0.15) is 0 Å². The topological polar surface area (TPSA) is 85.9 Å². The van der Waals surface area contributed by atoms with Crippen LogP contribution in [0, 0.1) is 0 Å². The van der Waals surface area contributed by atoms with Crippen molar-refractivity contribution in [3.05, 3.63) is 33.4 Å². The summed E-state index contributed by atoms with van der Waals surface area (Å²) in [6.07, 6.45) is 0.491. The number of rotatable bonds is 7. The van der Waals surface area contributed by atoms with Crippen LogP contribution in [-0.4, -0.2) is 32.3 Å². The van der Waals surface area contributed by atoms with Gasteiger partial charge in [-0.15, -0.1) is 0 Å². The zero-order valence-electron chi connectivity index (χ0n) is 15.3. The summed E-state index contributed by atoms with van der Waals surface area (Å²) in [6, 6.07) is 2.55. The van der Waals surface area contributed by atoms with Gasteiger partial charge in [0.05, 0.1) is 36.4 Å². The van der Waals surface area contributed by atoms with E-state index in [-0.39, 0.29) is 6.03 Å². The van der Waals surface area contributed by atoms with Gasteiger partial charge in [0.1, 0.15) is 0 Å². The maximum absolute atomic E-state index is 12.4. The van der Waals surface area contributed by atoms with Crippen LogP contribution in [0.1, 0.15) is 38.8 Å². The van der Waals surface area contributed by atoms with Crippen LogP contribution in [0.15, 0.2) is 27.9 Å². The van der Waals surface area contributed by atoms with Crippen molar-refractivity contribution < 1.29 is 23.8 Å². The number of ether oxygens (including phenoxy) is 3. The highest BCUT2D eigenvalue weighted by Crippen LogP contribution is 2.40. The van der Waals surface area contributed by atoms with Crippen LogP contribution in [-0.2, 0) is 9.53 Å². The van der Waals surface area contributed by atoms with Crippen LogP contribution in [0.5, 0.6) is 11.5 Å². The molecule has 0 radical (unpaired) electrons. The second kappa shape index (κ2) is 8.93. The number of benzene rings is 1. The van der Waals surface area contributed by atoms with Gasteiger partial charge in [0, 0.05) is 5.70 Å². The molecule has 0 fully saturated rings. The van der Waals surface area contributed by atoms with Crippen LogP contribution in [0.3, 0.4) is 0 Å². The maximum atomic E-state index is 12.4. The van der Waals surface area contributed by atoms with Crippen LogP contribution in [0.25, 0.3) is 0 Å². The first-order chi connectivity index (χ1) is 12.5. The fourth-order valence-electron chi connectivity index (χ4n) is 2.80. The largest absolute Gasteiger partial charge is 0.490 e. The summed E-state index contributed by atoms with van der Waals surface area (Å²) in [5, 5.41) is 5.46. The van der Waals surface area contributed by atoms with Gasteiger partial charge in [0.15, 0.2) is 11.5 Å². The predicted octanol–water partition coefficient (Wildman–Crippen LogP) is 3.44. The Labute approximate surface area is 161 Å². The van der Waals surface area contributed by atoms with Gasteiger partial charge in [-0.05, 0) is 53.9 Å². The molecular weight excluding hydrogens is 404 g/mol. The molecule has 1 unspecified atom stereocenters. The number of hydrogen-bond acceptors (Lipinski definition) is 5. The zero-order chi connectivity index (χ0) is 19.3. The van der Waals surface area contributed by atoms with Crippen molar-refractivity contribution in [2.75, 3.05) is 20.3 Å². The second-order valence-electron chi connectivity index (χ2n) is 5.46. The standard InChI is InChI=1S/C18H23BrN2O5/c1-5-12-14(17(22)24-4)15(21-18(23)20-12)10-8-11(19)16(26-7-3)13(9-10)25-6-2/h8-9,15H,5-7H2,1-4H3,(H2,20,21,23). The van der Waals surface area contributed by atoms with Crippen LogP contribution >= 0.6 is 15.9 Å². The number of methoxy groups -OCH3 is 1. The minimum Gasteiger partial charge on any atom is -0.490 e. The molecule has 1 heterocycles. The van der Waals surface area contributed by atoms with Gasteiger partial charge < -0.3 is 24.8 Å². The molecule has 1 aliphatic rings. The first kappa shape index (κ1) is 20.1. The van der Waals surface area contributed by atoms with E-state index < -0.39 is 12.0 Å². The SMILES string of the molecule is CCOc1cc(C2NC(=O)NC(CC)=C2C(=O)OC)cc(Br)c1OCC. The Balaban J connectivity index is 2.59. The van der Waals surface area contributed by atoms with Crippen LogP contribution < -0.4 is 20.1 Å². The molecule has 0 aromatic heterocycles. The highest BCUT2D eigenvalue weighted by Gasteiger charge is 2.33. The van der Waals surface area contributed by atoms with Gasteiger partial charge in [-0.25, -0.2) is 9.59 Å². The van der Waals surface area contributed by atoms with E-state index in [2.05, 4.69) is 26.6 Å². The lowest BCUT2D eigenvalue weighted by Crippen LogP contribution is -2.45. The first-order valence-electron chi connectivity index (χ1n) is 8.44. The van der Waals surface area contributed by atoms with Crippen molar-refractivity contribution in [2.24, 2.45) is 0 Å². The van der Waals surface area contributed by atoms with Gasteiger partial charge in [-0.1, -0.05) is 6.92 Å². The van der Waals surface area contributed by atoms with E-state index in [1.165, 1.54) is 7.11 Å². The third kappa shape index (κ3) is 4.12. The first-order valence-corrected chi connectivity index (χ1v) is 9.23. The van der Waals surface area contributed by atoms with E-state index in [1.807, 2.05) is 20.8 Å². The molecule has 142 valence electrons. The lowest BCUT2D eigenvalue weighted by Gasteiger charge is -2.29. The average molecular weight is 427 g/mol. The molecular formula is C18H23BrN2O5. The molecule has 8 heteroatoms. The number of amides is 2. The number of hydrogen-bond donors (Lipinski definition) is 2. The van der Waals surface area contributed by atoms with Crippen molar-refractivity contribution in [2.45, 2.75) is 33.2 Å². The van der Waals surface area contributed by atoms with E-state index in [0.29, 0.717) is 52.4 Å². The van der Waals surface area contributed by atoms with Crippen LogP contribution in [0.4, 0.5) is 4.79 Å². The van der Waals surface area contributed by atoms with Crippen LogP contribution in [0.2, 0.25) is 0 Å². The third-order valence-electron chi connectivity index (χ3n) is 3.87. The Morgan fingerprint density at radius 2 is 1.88 bits per heavy atom. The summed E-state index contributed by atoms with van der Waals surface area (Å²) >= 11 is 3.49. The summed E-state index contributed by atoms with van der Waals surface area (Å²) < 4.78 is 16.9. The summed E-state index contributed by atoms with van der Waals surface area (Å²) in [5.41, 5.74) is 1.59. The third-order valence-corrected chi connectivity index (χ3v) is 4.46. The fourth-order valence-corrected chi connectivity index (χ4v) is 3.37. The molecule has 1 aliphatic heterocycles. The molecule has 0 bridgehead atoms. The highest BCUT2D eigenvalue weighted by molar-refractivity contribution is 9.10. The molecule has 2 N–H and O–H groups in total. The molecule has 0 spiro atoms. The highest BCUT2D eigenvalue weighted by atomic mass is 79.9. The van der Waals surface area contributed by atoms with E-state index >= 15 is 0 Å². The summed E-state index contributed by atoms with van der Waals surface area (Å²) in [4.78, 5) is 24.4. The zero-order valence-corrected chi connectivity index (χ0v) is 16.9. The van der Waals surface area contributed by atoms with Gasteiger partial charge >= 0.3 is 12.0 Å². The lowest BCUT2D eigenvalue weighted by atomic mass is 9.94. The number of nitrogens with one attached hydrogen (secondary N) is 2. The van der Waals surface area contributed by atoms with Gasteiger partial charge in [-0.3, -0.25) is 0 Å².